The highest BCUT2D eigenvalue weighted by Gasteiger charge is 2.22. The van der Waals surface area contributed by atoms with Crippen molar-refractivity contribution in [1.82, 2.24) is 29.4 Å². The minimum absolute atomic E-state index is 0.185. The number of benzene rings is 1. The molecule has 0 bridgehead atoms. The van der Waals surface area contributed by atoms with Gasteiger partial charge in [-0.2, -0.15) is 10.2 Å². The first-order chi connectivity index (χ1) is 14.4. The molecule has 8 heteroatoms. The lowest BCUT2D eigenvalue weighted by atomic mass is 10.2. The zero-order chi connectivity index (χ0) is 21.3. The summed E-state index contributed by atoms with van der Waals surface area (Å²) in [5.74, 6) is 0.185. The molecule has 0 radical (unpaired) electrons. The Morgan fingerprint density at radius 3 is 2.60 bits per heavy atom. The third-order valence-corrected chi connectivity index (χ3v) is 6.14. The summed E-state index contributed by atoms with van der Waals surface area (Å²) < 4.78 is 3.91. The minimum atomic E-state index is 0.185. The van der Waals surface area contributed by atoms with E-state index in [9.17, 15) is 4.79 Å². The molecule has 1 saturated heterocycles. The van der Waals surface area contributed by atoms with Gasteiger partial charge in [-0.05, 0) is 32.4 Å². The van der Waals surface area contributed by atoms with Crippen LogP contribution in [-0.4, -0.2) is 61.4 Å². The standard InChI is InChI=1S/C22H29ClN6O/c1-16(2)29-20-14-24-28(22(20)17(3)25-29)9-8-21(30)27-12-10-26(11-13-27)15-18-6-4-5-7-19(18)23/h4-7,14,16H,8-13,15H2,1-3H3. The fourth-order valence-electron chi connectivity index (χ4n) is 4.12. The molecule has 0 spiro atoms. The largest absolute Gasteiger partial charge is 0.340 e. The van der Waals surface area contributed by atoms with Crippen LogP contribution in [0.2, 0.25) is 5.02 Å². The van der Waals surface area contributed by atoms with Crippen molar-refractivity contribution in [3.05, 3.63) is 46.7 Å². The molecule has 0 unspecified atom stereocenters. The van der Waals surface area contributed by atoms with Gasteiger partial charge in [-0.1, -0.05) is 29.8 Å². The number of carbonyl (C=O) groups is 1. The van der Waals surface area contributed by atoms with E-state index < -0.39 is 0 Å². The molecule has 30 heavy (non-hydrogen) atoms. The average molecular weight is 429 g/mol. The third kappa shape index (κ3) is 4.23. The Labute approximate surface area is 182 Å². The van der Waals surface area contributed by atoms with Gasteiger partial charge in [-0.3, -0.25) is 19.1 Å². The van der Waals surface area contributed by atoms with Crippen molar-refractivity contribution in [1.29, 1.82) is 0 Å². The lowest BCUT2D eigenvalue weighted by molar-refractivity contribution is -0.133. The van der Waals surface area contributed by atoms with Crippen LogP contribution in [0, 0.1) is 6.92 Å². The molecule has 1 fully saturated rings. The van der Waals surface area contributed by atoms with Crippen LogP contribution in [0.4, 0.5) is 0 Å². The number of carbonyl (C=O) groups excluding carboxylic acids is 1. The van der Waals surface area contributed by atoms with E-state index in [-0.39, 0.29) is 11.9 Å². The number of nitrogens with zero attached hydrogens (tertiary/aromatic N) is 6. The second kappa shape index (κ2) is 8.78. The summed E-state index contributed by atoms with van der Waals surface area (Å²) in [5.41, 5.74) is 4.15. The van der Waals surface area contributed by atoms with Crippen molar-refractivity contribution >= 4 is 28.5 Å². The first-order valence-electron chi connectivity index (χ1n) is 10.6. The van der Waals surface area contributed by atoms with E-state index in [1.54, 1.807) is 0 Å². The first-order valence-corrected chi connectivity index (χ1v) is 11.0. The van der Waals surface area contributed by atoms with Crippen molar-refractivity contribution < 1.29 is 4.79 Å². The fourth-order valence-corrected chi connectivity index (χ4v) is 4.32. The van der Waals surface area contributed by atoms with E-state index in [4.69, 9.17) is 11.6 Å². The van der Waals surface area contributed by atoms with Crippen LogP contribution < -0.4 is 0 Å². The van der Waals surface area contributed by atoms with Gasteiger partial charge in [-0.25, -0.2) is 0 Å². The Kier molecular flexibility index (Phi) is 6.11. The number of aromatic nitrogens is 4. The normalized spacial score (nSPS) is 15.4. The van der Waals surface area contributed by atoms with Crippen LogP contribution in [0.3, 0.4) is 0 Å². The lowest BCUT2D eigenvalue weighted by Crippen LogP contribution is -2.48. The number of fused-ring (bicyclic) bond motifs is 1. The quantitative estimate of drug-likeness (QED) is 0.602. The maximum Gasteiger partial charge on any atom is 0.224 e. The Balaban J connectivity index is 1.31. The van der Waals surface area contributed by atoms with E-state index >= 15 is 0 Å². The van der Waals surface area contributed by atoms with Crippen LogP contribution in [0.5, 0.6) is 0 Å². The second-order valence-electron chi connectivity index (χ2n) is 8.22. The number of piperazine rings is 1. The molecule has 3 aromatic rings. The molecule has 1 aliphatic rings. The van der Waals surface area contributed by atoms with Crippen LogP contribution in [0.15, 0.2) is 30.5 Å². The van der Waals surface area contributed by atoms with E-state index in [1.807, 2.05) is 45.6 Å². The molecule has 0 aliphatic carbocycles. The molecule has 2 aromatic heterocycles. The summed E-state index contributed by atoms with van der Waals surface area (Å²) in [5, 5.41) is 9.93. The molecular formula is C22H29ClN6O. The fraction of sp³-hybridized carbons (Fsp3) is 0.500. The number of halogens is 1. The van der Waals surface area contributed by atoms with E-state index in [0.29, 0.717) is 13.0 Å². The Hall–Kier alpha value is -2.38. The van der Waals surface area contributed by atoms with E-state index in [0.717, 1.165) is 60.0 Å². The van der Waals surface area contributed by atoms with Gasteiger partial charge in [0.05, 0.1) is 18.4 Å². The van der Waals surface area contributed by atoms with Crippen molar-refractivity contribution in [2.24, 2.45) is 0 Å². The lowest BCUT2D eigenvalue weighted by Gasteiger charge is -2.35. The summed E-state index contributed by atoms with van der Waals surface area (Å²) >= 11 is 6.28. The Morgan fingerprint density at radius 1 is 1.17 bits per heavy atom. The van der Waals surface area contributed by atoms with Gasteiger partial charge in [0, 0.05) is 50.2 Å². The van der Waals surface area contributed by atoms with Crippen molar-refractivity contribution in [3.63, 3.8) is 0 Å². The maximum atomic E-state index is 12.8. The highest BCUT2D eigenvalue weighted by molar-refractivity contribution is 6.31. The first kappa shape index (κ1) is 20.9. The highest BCUT2D eigenvalue weighted by Crippen LogP contribution is 2.22. The zero-order valence-corrected chi connectivity index (χ0v) is 18.6. The van der Waals surface area contributed by atoms with Crippen LogP contribution in [-0.2, 0) is 17.9 Å². The van der Waals surface area contributed by atoms with Crippen LogP contribution >= 0.6 is 11.6 Å². The molecule has 160 valence electrons. The summed E-state index contributed by atoms with van der Waals surface area (Å²) in [4.78, 5) is 17.1. The van der Waals surface area contributed by atoms with Gasteiger partial charge in [0.15, 0.2) is 0 Å². The van der Waals surface area contributed by atoms with Gasteiger partial charge < -0.3 is 4.90 Å². The SMILES string of the molecule is Cc1nn(C(C)C)c2cnn(CCC(=O)N3CCN(Cc4ccccc4Cl)CC3)c12. The Morgan fingerprint density at radius 2 is 1.90 bits per heavy atom. The number of amides is 1. The predicted octanol–water partition coefficient (Wildman–Crippen LogP) is 3.51. The molecule has 7 nitrogen and oxygen atoms in total. The predicted molar refractivity (Wildman–Crippen MR) is 119 cm³/mol. The maximum absolute atomic E-state index is 12.8. The van der Waals surface area contributed by atoms with Crippen molar-refractivity contribution in [2.75, 3.05) is 26.2 Å². The highest BCUT2D eigenvalue weighted by atomic mass is 35.5. The summed E-state index contributed by atoms with van der Waals surface area (Å²) in [7, 11) is 0. The van der Waals surface area contributed by atoms with Crippen molar-refractivity contribution in [2.45, 2.75) is 46.3 Å². The van der Waals surface area contributed by atoms with Crippen molar-refractivity contribution in [3.8, 4) is 0 Å². The molecule has 1 aromatic carbocycles. The van der Waals surface area contributed by atoms with Gasteiger partial charge in [0.2, 0.25) is 5.91 Å². The number of rotatable bonds is 6. The van der Waals surface area contributed by atoms with E-state index in [1.165, 1.54) is 0 Å². The van der Waals surface area contributed by atoms with Crippen LogP contribution in [0.25, 0.3) is 11.0 Å². The van der Waals surface area contributed by atoms with Gasteiger partial charge in [-0.15, -0.1) is 0 Å². The summed E-state index contributed by atoms with van der Waals surface area (Å²) in [6.07, 6.45) is 2.31. The molecule has 3 heterocycles. The van der Waals surface area contributed by atoms with Gasteiger partial charge >= 0.3 is 0 Å². The molecule has 4 rings (SSSR count). The van der Waals surface area contributed by atoms with E-state index in [2.05, 4.69) is 35.0 Å². The topological polar surface area (TPSA) is 59.2 Å². The Bertz CT molecular complexity index is 1030. The molecular weight excluding hydrogens is 400 g/mol. The number of hydrogen-bond donors (Lipinski definition) is 0. The van der Waals surface area contributed by atoms with Gasteiger partial charge in [0.25, 0.3) is 0 Å². The monoisotopic (exact) mass is 428 g/mol. The second-order valence-corrected chi connectivity index (χ2v) is 8.63. The van der Waals surface area contributed by atoms with Gasteiger partial charge in [0.1, 0.15) is 11.0 Å². The summed E-state index contributed by atoms with van der Waals surface area (Å²) in [6.45, 7) is 10.9. The number of hydrogen-bond acceptors (Lipinski definition) is 4. The van der Waals surface area contributed by atoms with Crippen LogP contribution in [0.1, 0.15) is 37.6 Å². The molecule has 0 saturated carbocycles. The molecule has 0 atom stereocenters. The average Bonchev–Trinajstić information content (AvgIpc) is 3.30. The summed E-state index contributed by atoms with van der Waals surface area (Å²) in [6, 6.07) is 8.23. The number of aryl methyl sites for hydroxylation is 2. The third-order valence-electron chi connectivity index (χ3n) is 5.77. The minimum Gasteiger partial charge on any atom is -0.340 e. The molecule has 1 amide bonds. The molecule has 0 N–H and O–H groups in total. The zero-order valence-electron chi connectivity index (χ0n) is 17.9. The smallest absolute Gasteiger partial charge is 0.224 e. The molecule has 1 aliphatic heterocycles.